The molecule has 114 valence electrons. The van der Waals surface area contributed by atoms with Crippen LogP contribution in [0.1, 0.15) is 18.4 Å². The van der Waals surface area contributed by atoms with E-state index in [4.69, 9.17) is 19.9 Å². The topological polar surface area (TPSA) is 74.0 Å². The van der Waals surface area contributed by atoms with Gasteiger partial charge in [0.2, 0.25) is 6.79 Å². The zero-order chi connectivity index (χ0) is 14.8. The molecule has 0 spiro atoms. The quantitative estimate of drug-likeness (QED) is 0.891. The Morgan fingerprint density at radius 3 is 2.90 bits per heavy atom. The van der Waals surface area contributed by atoms with Gasteiger partial charge in [0.25, 0.3) is 5.91 Å². The Morgan fingerprint density at radius 2 is 2.14 bits per heavy atom. The maximum Gasteiger partial charge on any atom is 0.251 e. The van der Waals surface area contributed by atoms with Crippen LogP contribution in [0.4, 0.5) is 0 Å². The van der Waals surface area contributed by atoms with Crippen molar-refractivity contribution in [1.29, 1.82) is 0 Å². The van der Waals surface area contributed by atoms with Crippen LogP contribution < -0.4 is 15.2 Å². The van der Waals surface area contributed by atoms with E-state index >= 15 is 0 Å². The fourth-order valence-corrected chi connectivity index (χ4v) is 2.70. The van der Waals surface area contributed by atoms with Gasteiger partial charge in [-0.25, -0.2) is 0 Å². The smallest absolute Gasteiger partial charge is 0.251 e. The molecule has 2 aliphatic rings. The highest BCUT2D eigenvalue weighted by atomic mass is 16.7. The first-order valence-electron chi connectivity index (χ1n) is 7.16. The largest absolute Gasteiger partial charge is 0.454 e. The van der Waals surface area contributed by atoms with Crippen LogP contribution in [0.25, 0.3) is 0 Å². The highest BCUT2D eigenvalue weighted by Crippen LogP contribution is 2.32. The van der Waals surface area contributed by atoms with Gasteiger partial charge in [0, 0.05) is 20.1 Å². The molecule has 1 saturated heterocycles. The van der Waals surface area contributed by atoms with Gasteiger partial charge in [-0.15, -0.1) is 0 Å². The Bertz CT molecular complexity index is 534. The van der Waals surface area contributed by atoms with Gasteiger partial charge in [-0.2, -0.15) is 0 Å². The Morgan fingerprint density at radius 1 is 1.33 bits per heavy atom. The summed E-state index contributed by atoms with van der Waals surface area (Å²) in [5, 5.41) is 0. The van der Waals surface area contributed by atoms with Gasteiger partial charge in [-0.05, 0) is 30.5 Å². The summed E-state index contributed by atoms with van der Waals surface area (Å²) in [6, 6.07) is 5.71. The normalized spacial score (nSPS) is 23.3. The summed E-state index contributed by atoms with van der Waals surface area (Å²) >= 11 is 0. The first-order valence-corrected chi connectivity index (χ1v) is 7.16. The van der Waals surface area contributed by atoms with E-state index in [0.717, 1.165) is 29.9 Å². The zero-order valence-electron chi connectivity index (χ0n) is 12.1. The number of ether oxygens (including phenoxy) is 3. The molecule has 0 radical (unpaired) electrons. The number of hydrogen-bond donors (Lipinski definition) is 1. The average Bonchev–Trinajstić information content (AvgIpc) is 3.14. The van der Waals surface area contributed by atoms with E-state index in [1.807, 2.05) is 18.2 Å². The lowest BCUT2D eigenvalue weighted by Crippen LogP contribution is -2.36. The lowest BCUT2D eigenvalue weighted by molar-refractivity contribution is -0.141. The van der Waals surface area contributed by atoms with Crippen LogP contribution >= 0.6 is 0 Å². The van der Waals surface area contributed by atoms with Crippen LogP contribution in [0.5, 0.6) is 11.5 Å². The van der Waals surface area contributed by atoms with Crippen molar-refractivity contribution in [3.05, 3.63) is 23.8 Å². The Labute approximate surface area is 123 Å². The number of nitrogens with two attached hydrogens (primary N) is 1. The monoisotopic (exact) mass is 292 g/mol. The second-order valence-electron chi connectivity index (χ2n) is 5.44. The lowest BCUT2D eigenvalue weighted by atomic mass is 10.1. The number of amides is 1. The second kappa shape index (κ2) is 5.91. The Kier molecular flexibility index (Phi) is 3.98. The highest BCUT2D eigenvalue weighted by molar-refractivity contribution is 5.81. The van der Waals surface area contributed by atoms with Crippen LogP contribution in [-0.4, -0.2) is 43.4 Å². The number of benzene rings is 1. The van der Waals surface area contributed by atoms with Gasteiger partial charge in [-0.1, -0.05) is 6.07 Å². The number of fused-ring (bicyclic) bond motifs is 1. The number of carbonyl (C=O) groups excluding carboxylic acids is 1. The molecule has 2 atom stereocenters. The Balaban J connectivity index is 1.61. The third-order valence-electron chi connectivity index (χ3n) is 3.88. The highest BCUT2D eigenvalue weighted by Gasteiger charge is 2.31. The minimum atomic E-state index is -0.363. The predicted octanol–water partition coefficient (Wildman–Crippen LogP) is 0.880. The standard InChI is InChI=1S/C15H20N2O4/c1-17(15(18)13-5-3-11(7-16)21-13)8-10-2-4-12-14(6-10)20-9-19-12/h2,4,6,11,13H,3,5,7-9,16H2,1H3/t11-,13+/m1/s1. The fraction of sp³-hybridized carbons (Fsp3) is 0.533. The molecule has 0 aromatic heterocycles. The van der Waals surface area contributed by atoms with Crippen LogP contribution in [-0.2, 0) is 16.1 Å². The summed E-state index contributed by atoms with van der Waals surface area (Å²) in [6.45, 7) is 1.24. The minimum Gasteiger partial charge on any atom is -0.454 e. The predicted molar refractivity (Wildman–Crippen MR) is 76.0 cm³/mol. The SMILES string of the molecule is CN(Cc1ccc2c(c1)OCO2)C(=O)[C@@H]1CC[C@H](CN)O1. The molecule has 0 bridgehead atoms. The van der Waals surface area contributed by atoms with E-state index in [1.54, 1.807) is 11.9 Å². The molecule has 0 unspecified atom stereocenters. The molecule has 21 heavy (non-hydrogen) atoms. The van der Waals surface area contributed by atoms with Crippen molar-refractivity contribution in [3.63, 3.8) is 0 Å². The molecule has 3 rings (SSSR count). The van der Waals surface area contributed by atoms with Gasteiger partial charge >= 0.3 is 0 Å². The molecule has 0 aliphatic carbocycles. The average molecular weight is 292 g/mol. The molecule has 1 aromatic carbocycles. The van der Waals surface area contributed by atoms with Gasteiger partial charge in [0.05, 0.1) is 6.10 Å². The summed E-state index contributed by atoms with van der Waals surface area (Å²) in [6.07, 6.45) is 1.24. The molecule has 2 aliphatic heterocycles. The molecule has 1 aromatic rings. The van der Waals surface area contributed by atoms with Gasteiger partial charge < -0.3 is 24.8 Å². The second-order valence-corrected chi connectivity index (χ2v) is 5.44. The molecule has 1 amide bonds. The molecule has 0 saturated carbocycles. The minimum absolute atomic E-state index is 0.00335. The molecule has 2 heterocycles. The van der Waals surface area contributed by atoms with Crippen molar-refractivity contribution in [1.82, 2.24) is 4.90 Å². The lowest BCUT2D eigenvalue weighted by Gasteiger charge is -2.21. The Hall–Kier alpha value is -1.79. The van der Waals surface area contributed by atoms with Crippen LogP contribution in [0, 0.1) is 0 Å². The summed E-state index contributed by atoms with van der Waals surface area (Å²) in [4.78, 5) is 14.0. The van der Waals surface area contributed by atoms with Crippen LogP contribution in [0.2, 0.25) is 0 Å². The maximum absolute atomic E-state index is 12.3. The van der Waals surface area contributed by atoms with Crippen molar-refractivity contribution >= 4 is 5.91 Å². The number of hydrogen-bond acceptors (Lipinski definition) is 5. The number of carbonyl (C=O) groups is 1. The van der Waals surface area contributed by atoms with E-state index in [-0.39, 0.29) is 24.9 Å². The molecular weight excluding hydrogens is 272 g/mol. The van der Waals surface area contributed by atoms with E-state index in [1.165, 1.54) is 0 Å². The van der Waals surface area contributed by atoms with E-state index in [9.17, 15) is 4.79 Å². The molecule has 1 fully saturated rings. The summed E-state index contributed by atoms with van der Waals surface area (Å²) < 4.78 is 16.3. The van der Waals surface area contributed by atoms with Crippen LogP contribution in [0.3, 0.4) is 0 Å². The van der Waals surface area contributed by atoms with Crippen molar-refractivity contribution in [2.24, 2.45) is 5.73 Å². The van der Waals surface area contributed by atoms with Crippen molar-refractivity contribution < 1.29 is 19.0 Å². The molecule has 2 N–H and O–H groups in total. The number of nitrogens with zero attached hydrogens (tertiary/aromatic N) is 1. The third kappa shape index (κ3) is 2.96. The van der Waals surface area contributed by atoms with E-state index in [2.05, 4.69) is 0 Å². The summed E-state index contributed by atoms with van der Waals surface area (Å²) in [7, 11) is 1.78. The molecular formula is C15H20N2O4. The summed E-state index contributed by atoms with van der Waals surface area (Å²) in [5.41, 5.74) is 6.58. The maximum atomic E-state index is 12.3. The number of likely N-dealkylation sites (N-methyl/N-ethyl adjacent to an activating group) is 1. The zero-order valence-corrected chi connectivity index (χ0v) is 12.1. The van der Waals surface area contributed by atoms with Crippen molar-refractivity contribution in [3.8, 4) is 11.5 Å². The van der Waals surface area contributed by atoms with Crippen LogP contribution in [0.15, 0.2) is 18.2 Å². The third-order valence-corrected chi connectivity index (χ3v) is 3.88. The van der Waals surface area contributed by atoms with E-state index < -0.39 is 0 Å². The van der Waals surface area contributed by atoms with Gasteiger partial charge in [0.1, 0.15) is 6.10 Å². The van der Waals surface area contributed by atoms with E-state index in [0.29, 0.717) is 13.1 Å². The fourth-order valence-electron chi connectivity index (χ4n) is 2.70. The first kappa shape index (κ1) is 14.2. The van der Waals surface area contributed by atoms with Crippen molar-refractivity contribution in [2.45, 2.75) is 31.6 Å². The van der Waals surface area contributed by atoms with Gasteiger partial charge in [-0.3, -0.25) is 4.79 Å². The van der Waals surface area contributed by atoms with Gasteiger partial charge in [0.15, 0.2) is 11.5 Å². The first-order chi connectivity index (χ1) is 10.2. The molecule has 6 heteroatoms. The van der Waals surface area contributed by atoms with Crippen molar-refractivity contribution in [2.75, 3.05) is 20.4 Å². The number of rotatable bonds is 4. The summed E-state index contributed by atoms with van der Waals surface area (Å²) in [5.74, 6) is 1.48. The molecule has 6 nitrogen and oxygen atoms in total.